The minimum absolute atomic E-state index is 0.122. The lowest BCUT2D eigenvalue weighted by molar-refractivity contribution is -0.140. The Bertz CT molecular complexity index is 262. The maximum Gasteiger partial charge on any atom is 0.333 e. The molecule has 0 aromatic carbocycles. The van der Waals surface area contributed by atoms with E-state index in [2.05, 4.69) is 20.4 Å². The van der Waals surface area contributed by atoms with E-state index in [-0.39, 0.29) is 12.1 Å². The summed E-state index contributed by atoms with van der Waals surface area (Å²) in [7, 11) is 0. The van der Waals surface area contributed by atoms with Gasteiger partial charge < -0.3 is 4.74 Å². The van der Waals surface area contributed by atoms with Crippen LogP contribution in [0.3, 0.4) is 0 Å². The highest BCUT2D eigenvalue weighted by molar-refractivity contribution is 5.89. The van der Waals surface area contributed by atoms with Crippen LogP contribution >= 0.6 is 0 Å². The summed E-state index contributed by atoms with van der Waals surface area (Å²) in [5.41, 5.74) is 1.08. The fourth-order valence-electron chi connectivity index (χ4n) is 2.66. The zero-order valence-corrected chi connectivity index (χ0v) is 9.01. The number of hydrogen-bond acceptors (Lipinski definition) is 2. The van der Waals surface area contributed by atoms with Gasteiger partial charge in [0, 0.05) is 12.0 Å². The predicted octanol–water partition coefficient (Wildman–Crippen LogP) is 2.68. The van der Waals surface area contributed by atoms with Crippen LogP contribution in [0.2, 0.25) is 0 Å². The van der Waals surface area contributed by atoms with Crippen molar-refractivity contribution in [2.45, 2.75) is 45.6 Å². The van der Waals surface area contributed by atoms with Crippen LogP contribution < -0.4 is 0 Å². The van der Waals surface area contributed by atoms with Crippen molar-refractivity contribution in [3.05, 3.63) is 12.2 Å². The average molecular weight is 194 g/mol. The Hall–Kier alpha value is -0.790. The van der Waals surface area contributed by atoms with Gasteiger partial charge in [-0.1, -0.05) is 20.4 Å². The van der Waals surface area contributed by atoms with Gasteiger partial charge in [-0.15, -0.1) is 0 Å². The van der Waals surface area contributed by atoms with Crippen molar-refractivity contribution in [1.29, 1.82) is 0 Å². The maximum absolute atomic E-state index is 11.2. The minimum Gasteiger partial charge on any atom is -0.458 e. The van der Waals surface area contributed by atoms with Gasteiger partial charge in [0.15, 0.2) is 0 Å². The molecule has 2 aliphatic rings. The Morgan fingerprint density at radius 3 is 2.64 bits per heavy atom. The molecule has 0 amide bonds. The molecule has 0 N–H and O–H groups in total. The number of rotatable bonds is 1. The molecule has 2 atom stereocenters. The average Bonchev–Trinajstić information content (AvgIpc) is 2.57. The summed E-state index contributed by atoms with van der Waals surface area (Å²) in [5.74, 6) is 0.382. The minimum atomic E-state index is -0.181. The molecule has 2 heteroatoms. The Balaban J connectivity index is 1.99. The van der Waals surface area contributed by atoms with E-state index in [4.69, 9.17) is 4.74 Å². The second-order valence-corrected chi connectivity index (χ2v) is 5.42. The van der Waals surface area contributed by atoms with E-state index in [1.54, 1.807) is 0 Å². The third-order valence-electron chi connectivity index (χ3n) is 3.53. The standard InChI is InChI=1S/C12H18O2/c1-8-6-10(14-11(8)13)9-4-5-12(2,3)7-9/h9-10H,1,4-7H2,2-3H3/t9-,10+/m0/s1. The number of cyclic esters (lactones) is 1. The van der Waals surface area contributed by atoms with E-state index >= 15 is 0 Å². The summed E-state index contributed by atoms with van der Waals surface area (Å²) in [6, 6.07) is 0. The van der Waals surface area contributed by atoms with Crippen LogP contribution in [-0.2, 0) is 9.53 Å². The molecule has 1 saturated carbocycles. The van der Waals surface area contributed by atoms with Gasteiger partial charge in [-0.25, -0.2) is 4.79 Å². The first-order valence-electron chi connectivity index (χ1n) is 5.37. The molecule has 0 spiro atoms. The van der Waals surface area contributed by atoms with Crippen LogP contribution in [-0.4, -0.2) is 12.1 Å². The molecule has 0 radical (unpaired) electrons. The van der Waals surface area contributed by atoms with E-state index in [9.17, 15) is 4.79 Å². The lowest BCUT2D eigenvalue weighted by Gasteiger charge is -2.20. The monoisotopic (exact) mass is 194 g/mol. The molecule has 1 heterocycles. The molecule has 1 aliphatic carbocycles. The molecule has 2 rings (SSSR count). The fraction of sp³-hybridized carbons (Fsp3) is 0.750. The highest BCUT2D eigenvalue weighted by Gasteiger charge is 2.40. The van der Waals surface area contributed by atoms with Crippen LogP contribution in [0.5, 0.6) is 0 Å². The normalized spacial score (nSPS) is 36.1. The van der Waals surface area contributed by atoms with Crippen molar-refractivity contribution in [2.24, 2.45) is 11.3 Å². The fourth-order valence-corrected chi connectivity index (χ4v) is 2.66. The van der Waals surface area contributed by atoms with E-state index < -0.39 is 0 Å². The van der Waals surface area contributed by atoms with Gasteiger partial charge in [0.1, 0.15) is 6.10 Å². The zero-order chi connectivity index (χ0) is 10.3. The number of esters is 1. The van der Waals surface area contributed by atoms with Gasteiger partial charge in [-0.2, -0.15) is 0 Å². The smallest absolute Gasteiger partial charge is 0.333 e. The van der Waals surface area contributed by atoms with Crippen LogP contribution in [0.15, 0.2) is 12.2 Å². The first-order valence-corrected chi connectivity index (χ1v) is 5.37. The summed E-state index contributed by atoms with van der Waals surface area (Å²) in [5, 5.41) is 0. The van der Waals surface area contributed by atoms with Crippen LogP contribution in [0.25, 0.3) is 0 Å². The lowest BCUT2D eigenvalue weighted by Crippen LogP contribution is -2.19. The van der Waals surface area contributed by atoms with Crippen molar-refractivity contribution < 1.29 is 9.53 Å². The first-order chi connectivity index (χ1) is 6.48. The van der Waals surface area contributed by atoms with Gasteiger partial charge in [-0.05, 0) is 30.6 Å². The largest absolute Gasteiger partial charge is 0.458 e. The molecule has 0 bridgehead atoms. The molecular weight excluding hydrogens is 176 g/mol. The van der Waals surface area contributed by atoms with E-state index in [0.29, 0.717) is 16.9 Å². The molecule has 2 fully saturated rings. The van der Waals surface area contributed by atoms with Crippen molar-refractivity contribution in [3.63, 3.8) is 0 Å². The van der Waals surface area contributed by atoms with E-state index in [1.807, 2.05) is 0 Å². The second-order valence-electron chi connectivity index (χ2n) is 5.42. The summed E-state index contributed by atoms with van der Waals surface area (Å²) in [6.45, 7) is 8.30. The number of carbonyl (C=O) groups is 1. The number of carbonyl (C=O) groups excluding carboxylic acids is 1. The van der Waals surface area contributed by atoms with Crippen LogP contribution in [0.4, 0.5) is 0 Å². The van der Waals surface area contributed by atoms with Gasteiger partial charge in [0.2, 0.25) is 0 Å². The van der Waals surface area contributed by atoms with Crippen molar-refractivity contribution in [3.8, 4) is 0 Å². The highest BCUT2D eigenvalue weighted by Crippen LogP contribution is 2.45. The second kappa shape index (κ2) is 3.11. The highest BCUT2D eigenvalue weighted by atomic mass is 16.5. The quantitative estimate of drug-likeness (QED) is 0.474. The van der Waals surface area contributed by atoms with Crippen molar-refractivity contribution >= 4 is 5.97 Å². The summed E-state index contributed by atoms with van der Waals surface area (Å²) in [4.78, 5) is 11.2. The Morgan fingerprint density at radius 1 is 1.50 bits per heavy atom. The number of ether oxygens (including phenoxy) is 1. The van der Waals surface area contributed by atoms with Crippen LogP contribution in [0, 0.1) is 11.3 Å². The summed E-state index contributed by atoms with van der Waals surface area (Å²) < 4.78 is 5.31. The zero-order valence-electron chi connectivity index (χ0n) is 9.01. The first kappa shape index (κ1) is 9.75. The predicted molar refractivity (Wildman–Crippen MR) is 54.8 cm³/mol. The Labute approximate surface area is 85.3 Å². The third kappa shape index (κ3) is 1.70. The molecule has 78 valence electrons. The van der Waals surface area contributed by atoms with Crippen LogP contribution in [0.1, 0.15) is 39.5 Å². The van der Waals surface area contributed by atoms with Crippen molar-refractivity contribution in [1.82, 2.24) is 0 Å². The SMILES string of the molecule is C=C1C[C@H]([C@H]2CCC(C)(C)C2)OC1=O. The molecule has 1 aliphatic heterocycles. The van der Waals surface area contributed by atoms with E-state index in [1.165, 1.54) is 19.3 Å². The Kier molecular flexibility index (Phi) is 2.17. The molecule has 14 heavy (non-hydrogen) atoms. The third-order valence-corrected chi connectivity index (χ3v) is 3.53. The maximum atomic E-state index is 11.2. The molecule has 0 aromatic heterocycles. The molecule has 1 saturated heterocycles. The molecule has 0 aromatic rings. The lowest BCUT2D eigenvalue weighted by atomic mass is 9.88. The van der Waals surface area contributed by atoms with Gasteiger partial charge in [0.05, 0.1) is 0 Å². The van der Waals surface area contributed by atoms with Crippen molar-refractivity contribution in [2.75, 3.05) is 0 Å². The summed E-state index contributed by atoms with van der Waals surface area (Å²) in [6.07, 6.45) is 4.49. The topological polar surface area (TPSA) is 26.3 Å². The molecular formula is C12H18O2. The number of hydrogen-bond donors (Lipinski definition) is 0. The van der Waals surface area contributed by atoms with Gasteiger partial charge >= 0.3 is 5.97 Å². The summed E-state index contributed by atoms with van der Waals surface area (Å²) >= 11 is 0. The molecule has 2 nitrogen and oxygen atoms in total. The van der Waals surface area contributed by atoms with E-state index in [0.717, 1.165) is 6.42 Å². The van der Waals surface area contributed by atoms with Gasteiger partial charge in [0.25, 0.3) is 0 Å². The Morgan fingerprint density at radius 2 is 2.21 bits per heavy atom. The van der Waals surface area contributed by atoms with Gasteiger partial charge in [-0.3, -0.25) is 0 Å². The molecule has 0 unspecified atom stereocenters.